The Morgan fingerprint density at radius 3 is 2.80 bits per heavy atom. The second kappa shape index (κ2) is 7.44. The number of benzene rings is 2. The van der Waals surface area contributed by atoms with Crippen molar-refractivity contribution in [1.82, 2.24) is 10.2 Å². The first-order chi connectivity index (χ1) is 12.0. The van der Waals surface area contributed by atoms with Crippen LogP contribution in [0.4, 0.5) is 5.69 Å². The van der Waals surface area contributed by atoms with Gasteiger partial charge in [0.15, 0.2) is 0 Å². The van der Waals surface area contributed by atoms with Crippen molar-refractivity contribution in [3.8, 4) is 0 Å². The third-order valence-corrected chi connectivity index (χ3v) is 4.87. The first-order valence-corrected chi connectivity index (χ1v) is 8.65. The standard InChI is InChI=1S/C18H18Cl2N4O/c1-10-6-13(7-12-9-22-24-17(10)12)23-18(25)14(4-5-21)11-2-3-15(19)16(20)8-11/h2-3,6-9,14H,4-5,21H2,1H3,(H,22,24)(H,23,25). The molecular formula is C18H18Cl2N4O. The van der Waals surface area contributed by atoms with Crippen LogP contribution >= 0.6 is 23.2 Å². The Morgan fingerprint density at radius 1 is 1.28 bits per heavy atom. The van der Waals surface area contributed by atoms with Crippen molar-refractivity contribution in [2.24, 2.45) is 5.73 Å². The van der Waals surface area contributed by atoms with E-state index in [1.165, 1.54) is 0 Å². The molecule has 0 saturated carbocycles. The monoisotopic (exact) mass is 376 g/mol. The van der Waals surface area contributed by atoms with Gasteiger partial charge in [-0.2, -0.15) is 5.10 Å². The number of halogens is 2. The number of nitrogens with one attached hydrogen (secondary N) is 2. The minimum atomic E-state index is -0.403. The second-order valence-electron chi connectivity index (χ2n) is 5.92. The molecular weight excluding hydrogens is 359 g/mol. The van der Waals surface area contributed by atoms with Gasteiger partial charge in [0.2, 0.25) is 5.91 Å². The number of nitrogens with zero attached hydrogens (tertiary/aromatic N) is 1. The largest absolute Gasteiger partial charge is 0.330 e. The number of rotatable bonds is 5. The lowest BCUT2D eigenvalue weighted by atomic mass is 9.94. The highest BCUT2D eigenvalue weighted by molar-refractivity contribution is 6.42. The molecule has 5 nitrogen and oxygen atoms in total. The number of nitrogens with two attached hydrogens (primary N) is 1. The fourth-order valence-corrected chi connectivity index (χ4v) is 3.19. The molecule has 3 aromatic rings. The molecule has 1 amide bonds. The number of carbonyl (C=O) groups is 1. The number of anilines is 1. The summed E-state index contributed by atoms with van der Waals surface area (Å²) in [5.74, 6) is -0.536. The van der Waals surface area contributed by atoms with Gasteiger partial charge in [0.25, 0.3) is 0 Å². The first kappa shape index (κ1) is 17.7. The highest BCUT2D eigenvalue weighted by Gasteiger charge is 2.21. The van der Waals surface area contributed by atoms with Crippen LogP contribution in [0.3, 0.4) is 0 Å². The lowest BCUT2D eigenvalue weighted by molar-refractivity contribution is -0.117. The van der Waals surface area contributed by atoms with Crippen LogP contribution in [-0.4, -0.2) is 22.6 Å². The predicted octanol–water partition coefficient (Wildman–Crippen LogP) is 4.25. The van der Waals surface area contributed by atoms with Gasteiger partial charge in [-0.05, 0) is 55.3 Å². The summed E-state index contributed by atoms with van der Waals surface area (Å²) < 4.78 is 0. The first-order valence-electron chi connectivity index (χ1n) is 7.89. The van der Waals surface area contributed by atoms with Crippen LogP contribution in [0, 0.1) is 6.92 Å². The third kappa shape index (κ3) is 3.79. The molecule has 130 valence electrons. The van der Waals surface area contributed by atoms with E-state index in [9.17, 15) is 4.79 Å². The minimum absolute atomic E-state index is 0.133. The van der Waals surface area contributed by atoms with E-state index in [-0.39, 0.29) is 5.91 Å². The van der Waals surface area contributed by atoms with Gasteiger partial charge in [-0.1, -0.05) is 29.3 Å². The Balaban J connectivity index is 1.88. The van der Waals surface area contributed by atoms with Gasteiger partial charge in [0.05, 0.1) is 27.7 Å². The SMILES string of the molecule is Cc1cc(NC(=O)C(CCN)c2ccc(Cl)c(Cl)c2)cc2cn[nH]c12. The second-order valence-corrected chi connectivity index (χ2v) is 6.73. The number of hydrogen-bond acceptors (Lipinski definition) is 3. The van der Waals surface area contributed by atoms with Gasteiger partial charge >= 0.3 is 0 Å². The van der Waals surface area contributed by atoms with E-state index >= 15 is 0 Å². The molecule has 1 heterocycles. The summed E-state index contributed by atoms with van der Waals surface area (Å²) in [6.45, 7) is 2.35. The molecule has 0 radical (unpaired) electrons. The summed E-state index contributed by atoms with van der Waals surface area (Å²) in [6, 6.07) is 9.01. The van der Waals surface area contributed by atoms with Crippen molar-refractivity contribution >= 4 is 45.7 Å². The van der Waals surface area contributed by atoms with Gasteiger partial charge in [-0.25, -0.2) is 0 Å². The molecule has 3 rings (SSSR count). The van der Waals surface area contributed by atoms with Gasteiger partial charge in [0.1, 0.15) is 0 Å². The molecule has 0 saturated heterocycles. The molecule has 1 unspecified atom stereocenters. The summed E-state index contributed by atoms with van der Waals surface area (Å²) in [4.78, 5) is 12.8. The third-order valence-electron chi connectivity index (χ3n) is 4.13. The van der Waals surface area contributed by atoms with Crippen LogP contribution < -0.4 is 11.1 Å². The average Bonchev–Trinajstić information content (AvgIpc) is 3.04. The average molecular weight is 377 g/mol. The maximum atomic E-state index is 12.8. The van der Waals surface area contributed by atoms with Crippen LogP contribution in [0.5, 0.6) is 0 Å². The van der Waals surface area contributed by atoms with Crippen LogP contribution in [0.2, 0.25) is 10.0 Å². The summed E-state index contributed by atoms with van der Waals surface area (Å²) in [7, 11) is 0. The zero-order valence-corrected chi connectivity index (χ0v) is 15.2. The van der Waals surface area contributed by atoms with E-state index in [1.807, 2.05) is 19.1 Å². The number of aromatic amines is 1. The van der Waals surface area contributed by atoms with Gasteiger partial charge in [-0.15, -0.1) is 0 Å². The molecule has 0 aliphatic carbocycles. The maximum Gasteiger partial charge on any atom is 0.231 e. The van der Waals surface area contributed by atoms with Crippen LogP contribution in [-0.2, 0) is 4.79 Å². The molecule has 7 heteroatoms. The number of hydrogen-bond donors (Lipinski definition) is 3. The quantitative estimate of drug-likeness (QED) is 0.622. The number of H-pyrrole nitrogens is 1. The van der Waals surface area contributed by atoms with E-state index in [2.05, 4.69) is 15.5 Å². The molecule has 2 aromatic carbocycles. The fourth-order valence-electron chi connectivity index (χ4n) is 2.88. The number of amides is 1. The lowest BCUT2D eigenvalue weighted by Gasteiger charge is -2.17. The highest BCUT2D eigenvalue weighted by Crippen LogP contribution is 2.29. The van der Waals surface area contributed by atoms with Gasteiger partial charge < -0.3 is 11.1 Å². The summed E-state index contributed by atoms with van der Waals surface area (Å²) in [5.41, 5.74) is 9.18. The van der Waals surface area contributed by atoms with Crippen molar-refractivity contribution in [3.05, 3.63) is 57.7 Å². The Hall–Kier alpha value is -2.08. The Labute approximate surface area is 155 Å². The zero-order chi connectivity index (χ0) is 18.0. The molecule has 25 heavy (non-hydrogen) atoms. The summed E-state index contributed by atoms with van der Waals surface area (Å²) in [5, 5.41) is 11.8. The van der Waals surface area contributed by atoms with E-state index in [1.54, 1.807) is 24.4 Å². The van der Waals surface area contributed by atoms with Crippen molar-refractivity contribution in [2.75, 3.05) is 11.9 Å². The van der Waals surface area contributed by atoms with Crippen LogP contribution in [0.25, 0.3) is 10.9 Å². The van der Waals surface area contributed by atoms with Crippen molar-refractivity contribution in [1.29, 1.82) is 0 Å². The maximum absolute atomic E-state index is 12.8. The normalized spacial score (nSPS) is 12.3. The molecule has 4 N–H and O–H groups in total. The Kier molecular flexibility index (Phi) is 5.27. The van der Waals surface area contributed by atoms with Gasteiger partial charge in [0, 0.05) is 11.1 Å². The lowest BCUT2D eigenvalue weighted by Crippen LogP contribution is -2.23. The minimum Gasteiger partial charge on any atom is -0.330 e. The van der Waals surface area contributed by atoms with Crippen molar-refractivity contribution < 1.29 is 4.79 Å². The van der Waals surface area contributed by atoms with E-state index in [0.29, 0.717) is 23.0 Å². The van der Waals surface area contributed by atoms with Crippen LogP contribution in [0.15, 0.2) is 36.5 Å². The Morgan fingerprint density at radius 2 is 2.08 bits per heavy atom. The number of aromatic nitrogens is 2. The number of carbonyl (C=O) groups excluding carboxylic acids is 1. The molecule has 0 fully saturated rings. The van der Waals surface area contributed by atoms with E-state index < -0.39 is 5.92 Å². The summed E-state index contributed by atoms with van der Waals surface area (Å²) >= 11 is 12.1. The van der Waals surface area contributed by atoms with Crippen molar-refractivity contribution in [2.45, 2.75) is 19.3 Å². The van der Waals surface area contributed by atoms with Gasteiger partial charge in [-0.3, -0.25) is 9.89 Å². The molecule has 0 aliphatic rings. The zero-order valence-electron chi connectivity index (χ0n) is 13.6. The van der Waals surface area contributed by atoms with Crippen molar-refractivity contribution in [3.63, 3.8) is 0 Å². The molecule has 1 aromatic heterocycles. The fraction of sp³-hybridized carbons (Fsp3) is 0.222. The molecule has 0 aliphatic heterocycles. The topological polar surface area (TPSA) is 83.8 Å². The van der Waals surface area contributed by atoms with E-state index in [4.69, 9.17) is 28.9 Å². The number of aryl methyl sites for hydroxylation is 1. The molecule has 0 bridgehead atoms. The highest BCUT2D eigenvalue weighted by atomic mass is 35.5. The smallest absolute Gasteiger partial charge is 0.231 e. The Bertz CT molecular complexity index is 923. The van der Waals surface area contributed by atoms with Crippen LogP contribution in [0.1, 0.15) is 23.5 Å². The summed E-state index contributed by atoms with van der Waals surface area (Å²) in [6.07, 6.45) is 2.24. The molecule has 0 spiro atoms. The number of fused-ring (bicyclic) bond motifs is 1. The predicted molar refractivity (Wildman–Crippen MR) is 102 cm³/mol. The van der Waals surface area contributed by atoms with E-state index in [0.717, 1.165) is 27.7 Å². The molecule has 1 atom stereocenters.